The van der Waals surface area contributed by atoms with Crippen molar-refractivity contribution in [3.8, 4) is 0 Å². The van der Waals surface area contributed by atoms with E-state index in [2.05, 4.69) is 12.2 Å². The molecule has 1 amide bonds. The lowest BCUT2D eigenvalue weighted by Gasteiger charge is -2.20. The number of anilines is 1. The molecule has 1 aromatic heterocycles. The minimum absolute atomic E-state index is 0.0225. The van der Waals surface area contributed by atoms with Crippen molar-refractivity contribution < 1.29 is 29.0 Å². The van der Waals surface area contributed by atoms with E-state index in [0.29, 0.717) is 0 Å². The van der Waals surface area contributed by atoms with Gasteiger partial charge in [-0.25, -0.2) is 14.4 Å². The number of carbonyl (C=O) groups is 3. The fraction of sp³-hybridized carbons (Fsp3) is 0.632. The van der Waals surface area contributed by atoms with Gasteiger partial charge in [0.25, 0.3) is 0 Å². The van der Waals surface area contributed by atoms with E-state index in [-0.39, 0.29) is 27.6 Å². The molecule has 0 aliphatic heterocycles. The number of hydrogen-bond donors (Lipinski definition) is 2. The highest BCUT2D eigenvalue weighted by Gasteiger charge is 2.29. The number of esters is 1. The molecule has 0 saturated heterocycles. The summed E-state index contributed by atoms with van der Waals surface area (Å²) in [7, 11) is 0. The second-order valence-electron chi connectivity index (χ2n) is 7.24. The molecule has 0 aromatic carbocycles. The van der Waals surface area contributed by atoms with Crippen LogP contribution in [-0.4, -0.2) is 35.3 Å². The Bertz CT molecular complexity index is 674. The van der Waals surface area contributed by atoms with Gasteiger partial charge >= 0.3 is 18.0 Å². The molecule has 8 heteroatoms. The molecule has 1 aromatic rings. The predicted octanol–water partition coefficient (Wildman–Crippen LogP) is 5.23. The summed E-state index contributed by atoms with van der Waals surface area (Å²) in [6, 6.07) is 0. The largest absolute Gasteiger partial charge is 0.477 e. The molecule has 1 rings (SSSR count). The summed E-state index contributed by atoms with van der Waals surface area (Å²) in [5, 5.41) is 11.9. The van der Waals surface area contributed by atoms with Crippen LogP contribution in [0.4, 0.5) is 9.80 Å². The topological polar surface area (TPSA) is 102 Å². The molecule has 0 unspecified atom stereocenters. The molecule has 1 heterocycles. The molecule has 0 aliphatic carbocycles. The van der Waals surface area contributed by atoms with Crippen molar-refractivity contribution in [2.75, 3.05) is 11.9 Å². The number of thiophene rings is 1. The first kappa shape index (κ1) is 23.0. The summed E-state index contributed by atoms with van der Waals surface area (Å²) in [6.07, 6.45) is 4.41. The van der Waals surface area contributed by atoms with Gasteiger partial charge in [-0.1, -0.05) is 32.6 Å². The first-order valence-corrected chi connectivity index (χ1v) is 9.92. The Labute approximate surface area is 164 Å². The highest BCUT2D eigenvalue weighted by atomic mass is 32.1. The van der Waals surface area contributed by atoms with E-state index in [9.17, 15) is 19.5 Å². The van der Waals surface area contributed by atoms with Gasteiger partial charge in [-0.15, -0.1) is 11.3 Å². The monoisotopic (exact) mass is 399 g/mol. The van der Waals surface area contributed by atoms with Crippen LogP contribution in [0.15, 0.2) is 0 Å². The van der Waals surface area contributed by atoms with Crippen LogP contribution in [0, 0.1) is 6.92 Å². The molecule has 0 saturated carbocycles. The fourth-order valence-corrected chi connectivity index (χ4v) is 3.40. The third-order valence-electron chi connectivity index (χ3n) is 3.64. The standard InChI is InChI=1S/C19H29NO6S/c1-6-7-8-9-10-11-25-18(24)20-15-13(17(23)26-19(3,4)5)12(2)14(27-15)16(21)22/h6-11H2,1-5H3,(H,20,24)(H,21,22). The van der Waals surface area contributed by atoms with E-state index in [1.807, 2.05) is 0 Å². The Balaban J connectivity index is 2.83. The van der Waals surface area contributed by atoms with Crippen molar-refractivity contribution in [2.45, 2.75) is 72.3 Å². The summed E-state index contributed by atoms with van der Waals surface area (Å²) in [5.41, 5.74) is -0.436. The molecular weight excluding hydrogens is 370 g/mol. The second kappa shape index (κ2) is 10.3. The summed E-state index contributed by atoms with van der Waals surface area (Å²) < 4.78 is 10.5. The maximum absolute atomic E-state index is 12.5. The highest BCUT2D eigenvalue weighted by Crippen LogP contribution is 2.34. The number of hydrogen-bond acceptors (Lipinski definition) is 6. The van der Waals surface area contributed by atoms with Crippen LogP contribution >= 0.6 is 11.3 Å². The molecule has 2 N–H and O–H groups in total. The minimum atomic E-state index is -1.17. The zero-order valence-corrected chi connectivity index (χ0v) is 17.5. The Kier molecular flexibility index (Phi) is 8.75. The second-order valence-corrected chi connectivity index (χ2v) is 8.26. The van der Waals surface area contributed by atoms with Crippen LogP contribution in [-0.2, 0) is 9.47 Å². The third kappa shape index (κ3) is 7.58. The van der Waals surface area contributed by atoms with Crippen molar-refractivity contribution in [3.05, 3.63) is 16.0 Å². The molecule has 7 nitrogen and oxygen atoms in total. The van der Waals surface area contributed by atoms with Crippen LogP contribution < -0.4 is 5.32 Å². The summed E-state index contributed by atoms with van der Waals surface area (Å²) >= 11 is 0.815. The van der Waals surface area contributed by atoms with Crippen LogP contribution in [0.3, 0.4) is 0 Å². The van der Waals surface area contributed by atoms with Crippen molar-refractivity contribution in [1.29, 1.82) is 0 Å². The number of unbranched alkanes of at least 4 members (excludes halogenated alkanes) is 4. The van der Waals surface area contributed by atoms with Gasteiger partial charge in [0.1, 0.15) is 15.5 Å². The van der Waals surface area contributed by atoms with Crippen LogP contribution in [0.2, 0.25) is 0 Å². The lowest BCUT2D eigenvalue weighted by atomic mass is 10.1. The van der Waals surface area contributed by atoms with Crippen LogP contribution in [0.25, 0.3) is 0 Å². The summed E-state index contributed by atoms with van der Waals surface area (Å²) in [6.45, 7) is 9.05. The van der Waals surface area contributed by atoms with Crippen LogP contribution in [0.5, 0.6) is 0 Å². The molecule has 0 aliphatic rings. The number of carbonyl (C=O) groups excluding carboxylic acids is 2. The van der Waals surface area contributed by atoms with Gasteiger partial charge in [0, 0.05) is 0 Å². The molecule has 152 valence electrons. The zero-order chi connectivity index (χ0) is 20.6. The number of carboxylic acids is 1. The molecule has 0 atom stereocenters. The van der Waals surface area contributed by atoms with Gasteiger partial charge in [-0.05, 0) is 39.7 Å². The smallest absolute Gasteiger partial charge is 0.412 e. The maximum Gasteiger partial charge on any atom is 0.412 e. The minimum Gasteiger partial charge on any atom is -0.477 e. The number of rotatable bonds is 9. The first-order valence-electron chi connectivity index (χ1n) is 9.10. The quantitative estimate of drug-likeness (QED) is 0.435. The third-order valence-corrected chi connectivity index (χ3v) is 4.84. The fourth-order valence-electron chi connectivity index (χ4n) is 2.38. The lowest BCUT2D eigenvalue weighted by molar-refractivity contribution is 0.00705. The van der Waals surface area contributed by atoms with Crippen molar-refractivity contribution in [1.82, 2.24) is 0 Å². The number of carboxylic acid groups (broad SMARTS) is 1. The summed E-state index contributed by atoms with van der Waals surface area (Å²) in [5.74, 6) is -1.85. The Hall–Kier alpha value is -2.09. The Morgan fingerprint density at radius 3 is 2.30 bits per heavy atom. The number of amides is 1. The van der Waals surface area contributed by atoms with Gasteiger partial charge in [0.15, 0.2) is 0 Å². The van der Waals surface area contributed by atoms with Gasteiger partial charge in [0.2, 0.25) is 0 Å². The van der Waals surface area contributed by atoms with E-state index in [0.717, 1.165) is 43.4 Å². The van der Waals surface area contributed by atoms with Gasteiger partial charge in [-0.2, -0.15) is 0 Å². The Morgan fingerprint density at radius 1 is 1.11 bits per heavy atom. The molecular formula is C19H29NO6S. The average Bonchev–Trinajstić information content (AvgIpc) is 2.85. The zero-order valence-electron chi connectivity index (χ0n) is 16.6. The molecule has 0 radical (unpaired) electrons. The lowest BCUT2D eigenvalue weighted by Crippen LogP contribution is -2.25. The normalized spacial score (nSPS) is 11.1. The molecule has 27 heavy (non-hydrogen) atoms. The van der Waals surface area contributed by atoms with Crippen LogP contribution in [0.1, 0.15) is 85.4 Å². The van der Waals surface area contributed by atoms with E-state index in [1.165, 1.54) is 6.92 Å². The summed E-state index contributed by atoms with van der Waals surface area (Å²) in [4.78, 5) is 35.9. The average molecular weight is 400 g/mol. The van der Waals surface area contributed by atoms with Crippen molar-refractivity contribution in [2.24, 2.45) is 0 Å². The van der Waals surface area contributed by atoms with E-state index in [1.54, 1.807) is 20.8 Å². The van der Waals surface area contributed by atoms with E-state index >= 15 is 0 Å². The number of nitrogens with one attached hydrogen (secondary N) is 1. The number of ether oxygens (including phenoxy) is 2. The van der Waals surface area contributed by atoms with Gasteiger partial charge in [0.05, 0.1) is 12.2 Å². The first-order chi connectivity index (χ1) is 12.6. The maximum atomic E-state index is 12.5. The van der Waals surface area contributed by atoms with Crippen molar-refractivity contribution >= 4 is 34.4 Å². The van der Waals surface area contributed by atoms with Gasteiger partial charge < -0.3 is 14.6 Å². The van der Waals surface area contributed by atoms with E-state index < -0.39 is 23.6 Å². The molecule has 0 fully saturated rings. The SMILES string of the molecule is CCCCCCCOC(=O)Nc1sc(C(=O)O)c(C)c1C(=O)OC(C)(C)C. The number of aromatic carboxylic acids is 1. The van der Waals surface area contributed by atoms with E-state index in [4.69, 9.17) is 9.47 Å². The van der Waals surface area contributed by atoms with Crippen molar-refractivity contribution in [3.63, 3.8) is 0 Å². The molecule has 0 spiro atoms. The predicted molar refractivity (Wildman–Crippen MR) is 105 cm³/mol. The van der Waals surface area contributed by atoms with Gasteiger partial charge in [-0.3, -0.25) is 5.32 Å². The highest BCUT2D eigenvalue weighted by molar-refractivity contribution is 7.18. The Morgan fingerprint density at radius 2 is 1.74 bits per heavy atom. The molecule has 0 bridgehead atoms.